The van der Waals surface area contributed by atoms with Crippen molar-refractivity contribution in [3.63, 3.8) is 0 Å². The summed E-state index contributed by atoms with van der Waals surface area (Å²) in [6.45, 7) is 2.35. The summed E-state index contributed by atoms with van der Waals surface area (Å²) < 4.78 is 0. The highest BCUT2D eigenvalue weighted by Gasteiger charge is 2.25. The minimum atomic E-state index is 0.0324. The number of rotatable bonds is 4. The van der Waals surface area contributed by atoms with Gasteiger partial charge >= 0.3 is 0 Å². The van der Waals surface area contributed by atoms with E-state index in [2.05, 4.69) is 12.1 Å². The first-order chi connectivity index (χ1) is 13.7. The molecule has 4 rings (SSSR count). The smallest absolute Gasteiger partial charge is 0.253 e. The third-order valence-electron chi connectivity index (χ3n) is 5.06. The molecule has 2 heterocycles. The number of hydrogen-bond acceptors (Lipinski definition) is 3. The fourth-order valence-corrected chi connectivity index (χ4v) is 4.15. The lowest BCUT2D eigenvalue weighted by Gasteiger charge is -2.34. The van der Waals surface area contributed by atoms with E-state index in [1.807, 2.05) is 69.8 Å². The number of hydrogen-bond donors (Lipinski definition) is 0. The third-order valence-corrected chi connectivity index (χ3v) is 5.94. The second-order valence-corrected chi connectivity index (χ2v) is 7.90. The van der Waals surface area contributed by atoms with E-state index in [-0.39, 0.29) is 11.8 Å². The highest BCUT2D eigenvalue weighted by molar-refractivity contribution is 7.10. The van der Waals surface area contributed by atoms with E-state index in [0.717, 1.165) is 16.0 Å². The number of thiophene rings is 1. The number of piperazine rings is 1. The molecule has 0 atom stereocenters. The molecule has 0 unspecified atom stereocenters. The minimum absolute atomic E-state index is 0.0324. The van der Waals surface area contributed by atoms with Gasteiger partial charge in [-0.15, -0.1) is 11.3 Å². The summed E-state index contributed by atoms with van der Waals surface area (Å²) in [4.78, 5) is 30.0. The second kappa shape index (κ2) is 8.40. The molecule has 1 saturated heterocycles. The molecule has 0 N–H and O–H groups in total. The van der Waals surface area contributed by atoms with Crippen LogP contribution >= 0.6 is 11.3 Å². The molecule has 0 radical (unpaired) electrons. The normalized spacial score (nSPS) is 14.1. The number of benzene rings is 2. The van der Waals surface area contributed by atoms with Gasteiger partial charge in [-0.1, -0.05) is 48.5 Å². The molecule has 2 aromatic carbocycles. The maximum absolute atomic E-state index is 12.8. The second-order valence-electron chi connectivity index (χ2n) is 6.87. The van der Waals surface area contributed by atoms with Crippen LogP contribution in [-0.4, -0.2) is 47.8 Å². The summed E-state index contributed by atoms with van der Waals surface area (Å²) >= 11 is 1.61. The topological polar surface area (TPSA) is 40.6 Å². The fraction of sp³-hybridized carbons (Fsp3) is 0.217. The Bertz CT molecular complexity index is 929. The molecule has 1 aliphatic heterocycles. The average molecular weight is 391 g/mol. The molecule has 1 fully saturated rings. The van der Waals surface area contributed by atoms with Crippen LogP contribution in [-0.2, 0) is 11.2 Å². The Balaban J connectivity index is 1.34. The van der Waals surface area contributed by atoms with Crippen LogP contribution in [0.3, 0.4) is 0 Å². The molecule has 1 aromatic heterocycles. The first-order valence-corrected chi connectivity index (χ1v) is 10.3. The first-order valence-electron chi connectivity index (χ1n) is 9.45. The van der Waals surface area contributed by atoms with Crippen LogP contribution in [0.5, 0.6) is 0 Å². The van der Waals surface area contributed by atoms with E-state index < -0.39 is 0 Å². The Morgan fingerprint density at radius 2 is 1.39 bits per heavy atom. The molecule has 4 nitrogen and oxygen atoms in total. The Kier molecular flexibility index (Phi) is 5.53. The van der Waals surface area contributed by atoms with Gasteiger partial charge in [-0.25, -0.2) is 0 Å². The van der Waals surface area contributed by atoms with Crippen LogP contribution in [0.2, 0.25) is 0 Å². The van der Waals surface area contributed by atoms with Crippen molar-refractivity contribution in [2.24, 2.45) is 0 Å². The lowest BCUT2D eigenvalue weighted by atomic mass is 10.0. The SMILES string of the molecule is O=C(Cc1cccs1)N1CCN(C(=O)c2ccc(-c3ccccc3)cc2)CC1. The van der Waals surface area contributed by atoms with Crippen molar-refractivity contribution in [2.75, 3.05) is 26.2 Å². The van der Waals surface area contributed by atoms with Gasteiger partial charge < -0.3 is 9.80 Å². The molecule has 142 valence electrons. The molecule has 1 aliphatic rings. The molecular weight excluding hydrogens is 368 g/mol. The van der Waals surface area contributed by atoms with Gasteiger partial charge in [0.25, 0.3) is 5.91 Å². The lowest BCUT2D eigenvalue weighted by molar-refractivity contribution is -0.131. The summed E-state index contributed by atoms with van der Waals surface area (Å²) in [6.07, 6.45) is 0.451. The van der Waals surface area contributed by atoms with Crippen LogP contribution in [0.15, 0.2) is 72.1 Å². The predicted octanol–water partition coefficient (Wildman–Crippen LogP) is 3.94. The minimum Gasteiger partial charge on any atom is -0.339 e. The first kappa shape index (κ1) is 18.4. The van der Waals surface area contributed by atoms with E-state index in [9.17, 15) is 9.59 Å². The summed E-state index contributed by atoms with van der Waals surface area (Å²) in [6, 6.07) is 21.8. The highest BCUT2D eigenvalue weighted by Crippen LogP contribution is 2.20. The van der Waals surface area contributed by atoms with E-state index in [1.165, 1.54) is 0 Å². The van der Waals surface area contributed by atoms with Gasteiger partial charge in [-0.05, 0) is 34.7 Å². The van der Waals surface area contributed by atoms with E-state index in [0.29, 0.717) is 38.2 Å². The molecule has 0 saturated carbocycles. The average Bonchev–Trinajstić information content (AvgIpc) is 3.27. The Hall–Kier alpha value is -2.92. The van der Waals surface area contributed by atoms with Crippen molar-refractivity contribution in [3.05, 3.63) is 82.6 Å². The van der Waals surface area contributed by atoms with Crippen LogP contribution in [0.1, 0.15) is 15.2 Å². The Morgan fingerprint density at radius 1 is 0.750 bits per heavy atom. The molecule has 28 heavy (non-hydrogen) atoms. The summed E-state index contributed by atoms with van der Waals surface area (Å²) in [5.41, 5.74) is 2.93. The van der Waals surface area contributed by atoms with Crippen molar-refractivity contribution in [1.29, 1.82) is 0 Å². The van der Waals surface area contributed by atoms with Gasteiger partial charge in [0.15, 0.2) is 0 Å². The van der Waals surface area contributed by atoms with Crippen molar-refractivity contribution < 1.29 is 9.59 Å². The van der Waals surface area contributed by atoms with Crippen LogP contribution < -0.4 is 0 Å². The van der Waals surface area contributed by atoms with Crippen LogP contribution in [0.4, 0.5) is 0 Å². The van der Waals surface area contributed by atoms with E-state index in [1.54, 1.807) is 11.3 Å². The van der Waals surface area contributed by atoms with E-state index >= 15 is 0 Å². The molecule has 5 heteroatoms. The maximum atomic E-state index is 12.8. The summed E-state index contributed by atoms with van der Waals surface area (Å²) in [5.74, 6) is 0.173. The highest BCUT2D eigenvalue weighted by atomic mass is 32.1. The molecule has 3 aromatic rings. The van der Waals surface area contributed by atoms with Gasteiger partial charge in [-0.3, -0.25) is 9.59 Å². The monoisotopic (exact) mass is 390 g/mol. The van der Waals surface area contributed by atoms with Crippen molar-refractivity contribution >= 4 is 23.2 Å². The molecule has 0 spiro atoms. The number of carbonyl (C=O) groups is 2. The van der Waals surface area contributed by atoms with Crippen molar-refractivity contribution in [3.8, 4) is 11.1 Å². The summed E-state index contributed by atoms with van der Waals surface area (Å²) in [7, 11) is 0. The molecule has 0 aliphatic carbocycles. The largest absolute Gasteiger partial charge is 0.339 e. The zero-order chi connectivity index (χ0) is 19.3. The van der Waals surface area contributed by atoms with Gasteiger partial charge in [-0.2, -0.15) is 0 Å². The maximum Gasteiger partial charge on any atom is 0.253 e. The quantitative estimate of drug-likeness (QED) is 0.677. The Labute approximate surface area is 169 Å². The molecule has 0 bridgehead atoms. The van der Waals surface area contributed by atoms with Crippen LogP contribution in [0.25, 0.3) is 11.1 Å². The van der Waals surface area contributed by atoms with Crippen molar-refractivity contribution in [1.82, 2.24) is 9.80 Å². The summed E-state index contributed by atoms with van der Waals surface area (Å²) in [5, 5.41) is 1.99. The zero-order valence-electron chi connectivity index (χ0n) is 15.6. The zero-order valence-corrected chi connectivity index (χ0v) is 16.4. The van der Waals surface area contributed by atoms with Gasteiger partial charge in [0, 0.05) is 36.6 Å². The van der Waals surface area contributed by atoms with Gasteiger partial charge in [0.1, 0.15) is 0 Å². The van der Waals surface area contributed by atoms with E-state index in [4.69, 9.17) is 0 Å². The fourth-order valence-electron chi connectivity index (χ4n) is 3.45. The standard InChI is InChI=1S/C23H22N2O2S/c26-22(17-21-7-4-16-28-21)24-12-14-25(15-13-24)23(27)20-10-8-19(9-11-20)18-5-2-1-3-6-18/h1-11,16H,12-15,17H2. The Morgan fingerprint density at radius 3 is 2.04 bits per heavy atom. The number of carbonyl (C=O) groups excluding carboxylic acids is 2. The molecular formula is C23H22N2O2S. The lowest BCUT2D eigenvalue weighted by Crippen LogP contribution is -2.50. The number of amides is 2. The number of nitrogens with zero attached hydrogens (tertiary/aromatic N) is 2. The molecule has 2 amide bonds. The third kappa shape index (κ3) is 4.15. The van der Waals surface area contributed by atoms with Gasteiger partial charge in [0.05, 0.1) is 6.42 Å². The van der Waals surface area contributed by atoms with Crippen LogP contribution in [0, 0.1) is 0 Å². The van der Waals surface area contributed by atoms with Gasteiger partial charge in [0.2, 0.25) is 5.91 Å². The predicted molar refractivity (Wildman–Crippen MR) is 112 cm³/mol. The van der Waals surface area contributed by atoms with Crippen molar-refractivity contribution in [2.45, 2.75) is 6.42 Å².